The van der Waals surface area contributed by atoms with Crippen LogP contribution < -0.4 is 5.32 Å². The Kier molecular flexibility index (Phi) is 6.31. The Morgan fingerprint density at radius 1 is 1.17 bits per heavy atom. The van der Waals surface area contributed by atoms with Crippen molar-refractivity contribution in [1.82, 2.24) is 25.3 Å². The van der Waals surface area contributed by atoms with Gasteiger partial charge in [-0.1, -0.05) is 11.6 Å². The monoisotopic (exact) mass is 395 g/mol. The third kappa shape index (κ3) is 5.08. The molecule has 0 radical (unpaired) electrons. The molecular formula is C21H25N5O3. The van der Waals surface area contributed by atoms with Crippen LogP contribution >= 0.6 is 0 Å². The van der Waals surface area contributed by atoms with Gasteiger partial charge in [-0.25, -0.2) is 0 Å². The van der Waals surface area contributed by atoms with Gasteiger partial charge in [0.05, 0.1) is 12.3 Å². The number of aryl methyl sites for hydroxylation is 1. The molecule has 0 saturated carbocycles. The van der Waals surface area contributed by atoms with E-state index in [1.54, 1.807) is 18.7 Å². The quantitative estimate of drug-likeness (QED) is 0.626. The highest BCUT2D eigenvalue weighted by atomic mass is 16.5. The summed E-state index contributed by atoms with van der Waals surface area (Å²) in [6.07, 6.45) is 9.36. The highest BCUT2D eigenvalue weighted by Crippen LogP contribution is 2.24. The van der Waals surface area contributed by atoms with Crippen LogP contribution in [0, 0.1) is 0 Å². The minimum atomic E-state index is -0.0396. The van der Waals surface area contributed by atoms with Crippen LogP contribution in [0.15, 0.2) is 51.9 Å². The number of piperidine rings is 1. The molecule has 1 amide bonds. The average molecular weight is 395 g/mol. The summed E-state index contributed by atoms with van der Waals surface area (Å²) in [7, 11) is 0. The molecule has 0 aliphatic carbocycles. The Labute approximate surface area is 169 Å². The van der Waals surface area contributed by atoms with E-state index in [9.17, 15) is 4.79 Å². The molecule has 4 rings (SSSR count). The third-order valence-corrected chi connectivity index (χ3v) is 5.17. The molecule has 29 heavy (non-hydrogen) atoms. The number of aromatic nitrogens is 3. The van der Waals surface area contributed by atoms with Crippen molar-refractivity contribution in [1.29, 1.82) is 0 Å². The Bertz CT molecular complexity index is 888. The normalized spacial score (nSPS) is 15.9. The van der Waals surface area contributed by atoms with Crippen LogP contribution in [0.1, 0.15) is 43.4 Å². The summed E-state index contributed by atoms with van der Waals surface area (Å²) in [5, 5.41) is 7.01. The molecule has 0 aromatic carbocycles. The first-order valence-electron chi connectivity index (χ1n) is 10.1. The van der Waals surface area contributed by atoms with Crippen LogP contribution in [-0.2, 0) is 11.2 Å². The standard InChI is InChI=1S/C21H25N5O3/c27-19(6-7-20-24-21(25-29-20)16-8-10-22-11-9-16)23-15-17(18-5-4-14-28-18)26-12-2-1-3-13-26/h4-5,8-11,14,17H,1-3,6-7,12-13,15H2,(H,23,27). The summed E-state index contributed by atoms with van der Waals surface area (Å²) >= 11 is 0. The van der Waals surface area contributed by atoms with Gasteiger partial charge in [0.15, 0.2) is 0 Å². The fourth-order valence-electron chi connectivity index (χ4n) is 3.61. The molecule has 1 saturated heterocycles. The van der Waals surface area contributed by atoms with Gasteiger partial charge in [-0.2, -0.15) is 4.98 Å². The minimum absolute atomic E-state index is 0.0396. The van der Waals surface area contributed by atoms with Crippen LogP contribution in [0.3, 0.4) is 0 Å². The molecule has 1 unspecified atom stereocenters. The molecule has 1 aliphatic heterocycles. The first-order valence-corrected chi connectivity index (χ1v) is 10.1. The van der Waals surface area contributed by atoms with Gasteiger partial charge in [0.1, 0.15) is 5.76 Å². The lowest BCUT2D eigenvalue weighted by Crippen LogP contribution is -2.40. The maximum Gasteiger partial charge on any atom is 0.227 e. The molecule has 152 valence electrons. The van der Waals surface area contributed by atoms with E-state index in [2.05, 4.69) is 25.3 Å². The molecule has 3 aromatic rings. The average Bonchev–Trinajstić information content (AvgIpc) is 3.46. The predicted octanol–water partition coefficient (Wildman–Crippen LogP) is 3.00. The van der Waals surface area contributed by atoms with Crippen molar-refractivity contribution in [2.75, 3.05) is 19.6 Å². The zero-order valence-corrected chi connectivity index (χ0v) is 16.3. The fraction of sp³-hybridized carbons (Fsp3) is 0.429. The van der Waals surface area contributed by atoms with Gasteiger partial charge in [-0.15, -0.1) is 0 Å². The van der Waals surface area contributed by atoms with Gasteiger partial charge in [0, 0.05) is 37.3 Å². The van der Waals surface area contributed by atoms with Gasteiger partial charge < -0.3 is 14.3 Å². The van der Waals surface area contributed by atoms with Crippen LogP contribution in [-0.4, -0.2) is 45.6 Å². The number of carbonyl (C=O) groups excluding carboxylic acids is 1. The number of pyridine rings is 1. The molecule has 1 fully saturated rings. The topological polar surface area (TPSA) is 97.3 Å². The third-order valence-electron chi connectivity index (χ3n) is 5.17. The summed E-state index contributed by atoms with van der Waals surface area (Å²) in [6.45, 7) is 2.58. The minimum Gasteiger partial charge on any atom is -0.468 e. The van der Waals surface area contributed by atoms with Gasteiger partial charge in [-0.3, -0.25) is 14.7 Å². The molecular weight excluding hydrogens is 370 g/mol. The molecule has 0 spiro atoms. The smallest absolute Gasteiger partial charge is 0.227 e. The molecule has 8 heteroatoms. The molecule has 1 N–H and O–H groups in total. The van der Waals surface area contributed by atoms with E-state index in [4.69, 9.17) is 8.94 Å². The lowest BCUT2D eigenvalue weighted by molar-refractivity contribution is -0.121. The molecule has 4 heterocycles. The zero-order valence-electron chi connectivity index (χ0n) is 16.3. The van der Waals surface area contributed by atoms with Crippen LogP contribution in [0.2, 0.25) is 0 Å². The summed E-state index contributed by atoms with van der Waals surface area (Å²) in [5.41, 5.74) is 0.835. The van der Waals surface area contributed by atoms with Crippen LogP contribution in [0.25, 0.3) is 11.4 Å². The van der Waals surface area contributed by atoms with Crippen molar-refractivity contribution in [2.24, 2.45) is 0 Å². The van der Waals surface area contributed by atoms with E-state index in [1.165, 1.54) is 19.3 Å². The van der Waals surface area contributed by atoms with E-state index >= 15 is 0 Å². The maximum absolute atomic E-state index is 12.4. The Morgan fingerprint density at radius 2 is 2.00 bits per heavy atom. The SMILES string of the molecule is O=C(CCc1nc(-c2ccncc2)no1)NCC(c1ccco1)N1CCCCC1. The zero-order chi connectivity index (χ0) is 19.9. The van der Waals surface area contributed by atoms with Crippen molar-refractivity contribution in [3.8, 4) is 11.4 Å². The van der Waals surface area contributed by atoms with E-state index in [-0.39, 0.29) is 11.9 Å². The van der Waals surface area contributed by atoms with E-state index in [0.29, 0.717) is 31.1 Å². The molecule has 1 aliphatic rings. The van der Waals surface area contributed by atoms with E-state index in [0.717, 1.165) is 24.4 Å². The highest BCUT2D eigenvalue weighted by Gasteiger charge is 2.25. The first-order chi connectivity index (χ1) is 14.3. The van der Waals surface area contributed by atoms with Gasteiger partial charge in [0.2, 0.25) is 17.6 Å². The second-order valence-electron chi connectivity index (χ2n) is 7.18. The predicted molar refractivity (Wildman–Crippen MR) is 106 cm³/mol. The number of nitrogens with one attached hydrogen (secondary N) is 1. The fourth-order valence-corrected chi connectivity index (χ4v) is 3.61. The van der Waals surface area contributed by atoms with E-state index in [1.807, 2.05) is 24.3 Å². The van der Waals surface area contributed by atoms with Crippen molar-refractivity contribution in [3.63, 3.8) is 0 Å². The summed E-state index contributed by atoms with van der Waals surface area (Å²) in [5.74, 6) is 1.81. The number of carbonyl (C=O) groups is 1. The Morgan fingerprint density at radius 3 is 2.76 bits per heavy atom. The number of nitrogens with zero attached hydrogens (tertiary/aromatic N) is 4. The number of likely N-dealkylation sites (tertiary alicyclic amines) is 1. The maximum atomic E-state index is 12.4. The highest BCUT2D eigenvalue weighted by molar-refractivity contribution is 5.76. The first kappa shape index (κ1) is 19.3. The molecule has 3 aromatic heterocycles. The lowest BCUT2D eigenvalue weighted by Gasteiger charge is -2.33. The van der Waals surface area contributed by atoms with Crippen LogP contribution in [0.5, 0.6) is 0 Å². The number of furan rings is 1. The molecule has 0 bridgehead atoms. The Balaban J connectivity index is 1.29. The second-order valence-corrected chi connectivity index (χ2v) is 7.18. The van der Waals surface area contributed by atoms with Crippen molar-refractivity contribution < 1.29 is 13.7 Å². The summed E-state index contributed by atoms with van der Waals surface area (Å²) < 4.78 is 10.9. The number of rotatable bonds is 8. The van der Waals surface area contributed by atoms with Crippen molar-refractivity contribution >= 4 is 5.91 Å². The second kappa shape index (κ2) is 9.47. The summed E-state index contributed by atoms with van der Waals surface area (Å²) in [6, 6.07) is 7.57. The Hall–Kier alpha value is -3.00. The van der Waals surface area contributed by atoms with Crippen molar-refractivity contribution in [3.05, 3.63) is 54.6 Å². The lowest BCUT2D eigenvalue weighted by atomic mass is 10.1. The van der Waals surface area contributed by atoms with Gasteiger partial charge in [-0.05, 0) is 50.2 Å². The molecule has 8 nitrogen and oxygen atoms in total. The van der Waals surface area contributed by atoms with Gasteiger partial charge >= 0.3 is 0 Å². The largest absolute Gasteiger partial charge is 0.468 e. The van der Waals surface area contributed by atoms with Crippen LogP contribution in [0.4, 0.5) is 0 Å². The van der Waals surface area contributed by atoms with E-state index < -0.39 is 0 Å². The number of amides is 1. The number of hydrogen-bond acceptors (Lipinski definition) is 7. The van der Waals surface area contributed by atoms with Crippen molar-refractivity contribution in [2.45, 2.75) is 38.1 Å². The molecule has 1 atom stereocenters. The summed E-state index contributed by atoms with van der Waals surface area (Å²) in [4.78, 5) is 23.1. The van der Waals surface area contributed by atoms with Gasteiger partial charge in [0.25, 0.3) is 0 Å². The number of hydrogen-bond donors (Lipinski definition) is 1.